The van der Waals surface area contributed by atoms with E-state index in [0.717, 1.165) is 0 Å². The first-order valence-corrected chi connectivity index (χ1v) is 5.96. The molecule has 4 heteroatoms. The lowest BCUT2D eigenvalue weighted by molar-refractivity contribution is -0.168. The summed E-state index contributed by atoms with van der Waals surface area (Å²) in [5, 5.41) is 0. The summed E-state index contributed by atoms with van der Waals surface area (Å²) in [4.78, 5) is 0. The minimum atomic E-state index is -0.837. The topological polar surface area (TPSA) is 27.7 Å². The minimum Gasteiger partial charge on any atom is -0.496 e. The zero-order valence-electron chi connectivity index (χ0n) is 10.7. The average Bonchev–Trinajstić information content (AvgIpc) is 2.88. The van der Waals surface area contributed by atoms with Crippen molar-refractivity contribution in [2.24, 2.45) is 0 Å². The highest BCUT2D eigenvalue weighted by Gasteiger charge is 2.40. The molecule has 1 heterocycles. The SMILES string of the molecule is C=Cc1c(F)ccc(C2(CC)OCCO2)c1OC. The van der Waals surface area contributed by atoms with E-state index in [-0.39, 0.29) is 5.82 Å². The van der Waals surface area contributed by atoms with Crippen LogP contribution >= 0.6 is 0 Å². The van der Waals surface area contributed by atoms with Crippen LogP contribution in [0, 0.1) is 5.82 Å². The number of hydrogen-bond donors (Lipinski definition) is 0. The van der Waals surface area contributed by atoms with Crippen molar-refractivity contribution >= 4 is 6.08 Å². The molecule has 0 unspecified atom stereocenters. The van der Waals surface area contributed by atoms with Gasteiger partial charge in [0.1, 0.15) is 11.6 Å². The highest BCUT2D eigenvalue weighted by atomic mass is 19.1. The summed E-state index contributed by atoms with van der Waals surface area (Å²) in [6, 6.07) is 3.04. The van der Waals surface area contributed by atoms with Crippen molar-refractivity contribution in [1.29, 1.82) is 0 Å². The lowest BCUT2D eigenvalue weighted by Crippen LogP contribution is -2.27. The quantitative estimate of drug-likeness (QED) is 0.824. The fraction of sp³-hybridized carbons (Fsp3) is 0.429. The summed E-state index contributed by atoms with van der Waals surface area (Å²) < 4.78 is 30.4. The Morgan fingerprint density at radius 1 is 1.44 bits per heavy atom. The van der Waals surface area contributed by atoms with E-state index in [1.807, 2.05) is 6.92 Å². The number of rotatable bonds is 4. The van der Waals surface area contributed by atoms with Gasteiger partial charge in [0, 0.05) is 6.42 Å². The molecule has 0 spiro atoms. The Hall–Kier alpha value is -1.39. The van der Waals surface area contributed by atoms with Gasteiger partial charge in [-0.25, -0.2) is 4.39 Å². The van der Waals surface area contributed by atoms with Crippen molar-refractivity contribution < 1.29 is 18.6 Å². The molecule has 1 aromatic carbocycles. The van der Waals surface area contributed by atoms with Gasteiger partial charge in [0.15, 0.2) is 5.79 Å². The summed E-state index contributed by atoms with van der Waals surface area (Å²) in [5.41, 5.74) is 1.04. The zero-order chi connectivity index (χ0) is 13.2. The van der Waals surface area contributed by atoms with Crippen molar-refractivity contribution in [3.8, 4) is 5.75 Å². The van der Waals surface area contributed by atoms with Gasteiger partial charge in [-0.2, -0.15) is 0 Å². The second-order valence-electron chi connectivity index (χ2n) is 4.05. The molecular weight excluding hydrogens is 235 g/mol. The van der Waals surface area contributed by atoms with Crippen LogP contribution in [0.25, 0.3) is 6.08 Å². The number of ether oxygens (including phenoxy) is 3. The van der Waals surface area contributed by atoms with Crippen LogP contribution in [0.1, 0.15) is 24.5 Å². The second-order valence-corrected chi connectivity index (χ2v) is 4.05. The molecule has 0 amide bonds. The maximum atomic E-state index is 13.7. The predicted octanol–water partition coefficient (Wildman–Crippen LogP) is 3.09. The number of hydrogen-bond acceptors (Lipinski definition) is 3. The van der Waals surface area contributed by atoms with Crippen LogP contribution in [0.5, 0.6) is 5.75 Å². The van der Waals surface area contributed by atoms with Crippen molar-refractivity contribution in [2.45, 2.75) is 19.1 Å². The second kappa shape index (κ2) is 5.08. The van der Waals surface area contributed by atoms with Gasteiger partial charge in [0.25, 0.3) is 0 Å². The molecule has 0 aromatic heterocycles. The molecule has 0 aliphatic carbocycles. The first-order valence-electron chi connectivity index (χ1n) is 5.96. The standard InChI is InChI=1S/C14H17FO3/c1-4-10-12(15)7-6-11(13(10)16-3)14(5-2)17-8-9-18-14/h4,6-7H,1,5,8-9H2,2-3H3. The Balaban J connectivity index is 2.60. The third kappa shape index (κ3) is 1.91. The van der Waals surface area contributed by atoms with E-state index >= 15 is 0 Å². The number of methoxy groups -OCH3 is 1. The van der Waals surface area contributed by atoms with Crippen molar-refractivity contribution in [2.75, 3.05) is 20.3 Å². The lowest BCUT2D eigenvalue weighted by atomic mass is 9.98. The highest BCUT2D eigenvalue weighted by molar-refractivity contribution is 5.60. The van der Waals surface area contributed by atoms with Gasteiger partial charge >= 0.3 is 0 Å². The van der Waals surface area contributed by atoms with Crippen LogP contribution in [-0.4, -0.2) is 20.3 Å². The summed E-state index contributed by atoms with van der Waals surface area (Å²) in [5.74, 6) is -0.778. The Morgan fingerprint density at radius 3 is 2.61 bits per heavy atom. The molecule has 0 N–H and O–H groups in total. The summed E-state index contributed by atoms with van der Waals surface area (Å²) >= 11 is 0. The third-order valence-corrected chi connectivity index (χ3v) is 3.18. The van der Waals surface area contributed by atoms with Crippen LogP contribution in [0.2, 0.25) is 0 Å². The molecule has 1 saturated heterocycles. The van der Waals surface area contributed by atoms with Crippen LogP contribution in [-0.2, 0) is 15.3 Å². The van der Waals surface area contributed by atoms with E-state index < -0.39 is 5.79 Å². The lowest BCUT2D eigenvalue weighted by Gasteiger charge is -2.28. The Bertz CT molecular complexity index is 451. The Morgan fingerprint density at radius 2 is 2.11 bits per heavy atom. The first kappa shape index (κ1) is 13.1. The summed E-state index contributed by atoms with van der Waals surface area (Å²) in [6.45, 7) is 6.63. The largest absolute Gasteiger partial charge is 0.496 e. The Kier molecular flexibility index (Phi) is 3.68. The van der Waals surface area contributed by atoms with Gasteiger partial charge in [0.2, 0.25) is 0 Å². The molecule has 3 nitrogen and oxygen atoms in total. The maximum Gasteiger partial charge on any atom is 0.198 e. The molecule has 18 heavy (non-hydrogen) atoms. The van der Waals surface area contributed by atoms with Crippen molar-refractivity contribution in [1.82, 2.24) is 0 Å². The molecule has 2 rings (SSSR count). The van der Waals surface area contributed by atoms with Gasteiger partial charge in [-0.05, 0) is 12.1 Å². The molecule has 98 valence electrons. The molecule has 0 radical (unpaired) electrons. The number of halogens is 1. The molecule has 1 aliphatic heterocycles. The predicted molar refractivity (Wildman–Crippen MR) is 66.9 cm³/mol. The van der Waals surface area contributed by atoms with Crippen LogP contribution in [0.4, 0.5) is 4.39 Å². The normalized spacial score (nSPS) is 17.7. The first-order chi connectivity index (χ1) is 8.68. The molecule has 1 aliphatic rings. The molecule has 0 saturated carbocycles. The van der Waals surface area contributed by atoms with Crippen molar-refractivity contribution in [3.63, 3.8) is 0 Å². The van der Waals surface area contributed by atoms with E-state index in [1.165, 1.54) is 19.3 Å². The summed E-state index contributed by atoms with van der Waals surface area (Å²) in [7, 11) is 1.50. The van der Waals surface area contributed by atoms with E-state index in [2.05, 4.69) is 6.58 Å². The zero-order valence-corrected chi connectivity index (χ0v) is 10.7. The van der Waals surface area contributed by atoms with Crippen LogP contribution in [0.3, 0.4) is 0 Å². The highest BCUT2D eigenvalue weighted by Crippen LogP contribution is 2.42. The van der Waals surface area contributed by atoms with E-state index in [9.17, 15) is 4.39 Å². The van der Waals surface area contributed by atoms with Gasteiger partial charge in [0.05, 0.1) is 31.5 Å². The van der Waals surface area contributed by atoms with Gasteiger partial charge in [-0.1, -0.05) is 19.6 Å². The molecule has 1 fully saturated rings. The van der Waals surface area contributed by atoms with Gasteiger partial charge < -0.3 is 14.2 Å². The smallest absolute Gasteiger partial charge is 0.198 e. The van der Waals surface area contributed by atoms with Crippen molar-refractivity contribution in [3.05, 3.63) is 35.7 Å². The van der Waals surface area contributed by atoms with E-state index in [4.69, 9.17) is 14.2 Å². The van der Waals surface area contributed by atoms with Crippen LogP contribution in [0.15, 0.2) is 18.7 Å². The molecule has 0 atom stereocenters. The molecule has 1 aromatic rings. The average molecular weight is 252 g/mol. The number of benzene rings is 1. The fourth-order valence-corrected chi connectivity index (χ4v) is 2.29. The van der Waals surface area contributed by atoms with Gasteiger partial charge in [-0.3, -0.25) is 0 Å². The molecular formula is C14H17FO3. The van der Waals surface area contributed by atoms with Crippen LogP contribution < -0.4 is 4.74 Å². The maximum absolute atomic E-state index is 13.7. The molecule has 0 bridgehead atoms. The van der Waals surface area contributed by atoms with Gasteiger partial charge in [-0.15, -0.1) is 0 Å². The summed E-state index contributed by atoms with van der Waals surface area (Å²) in [6.07, 6.45) is 2.07. The Labute approximate surface area is 106 Å². The monoisotopic (exact) mass is 252 g/mol. The van der Waals surface area contributed by atoms with E-state index in [1.54, 1.807) is 6.07 Å². The minimum absolute atomic E-state index is 0.335. The van der Waals surface area contributed by atoms with E-state index in [0.29, 0.717) is 36.5 Å². The third-order valence-electron chi connectivity index (χ3n) is 3.18. The fourth-order valence-electron chi connectivity index (χ4n) is 2.29.